The first kappa shape index (κ1) is 12.5. The molecule has 1 aliphatic rings. The number of rotatable bonds is 3. The lowest BCUT2D eigenvalue weighted by atomic mass is 9.94. The molecular formula is C11H23N3O. The fourth-order valence-corrected chi connectivity index (χ4v) is 2.28. The zero-order valence-electron chi connectivity index (χ0n) is 9.99. The molecule has 0 saturated carbocycles. The molecule has 3 N–H and O–H groups in total. The van der Waals surface area contributed by atoms with Crippen molar-refractivity contribution in [2.24, 2.45) is 17.7 Å². The summed E-state index contributed by atoms with van der Waals surface area (Å²) >= 11 is 0. The van der Waals surface area contributed by atoms with Crippen LogP contribution < -0.4 is 11.3 Å². The van der Waals surface area contributed by atoms with Crippen LogP contribution in [0.5, 0.6) is 0 Å². The zero-order chi connectivity index (χ0) is 11.4. The van der Waals surface area contributed by atoms with E-state index in [2.05, 4.69) is 31.1 Å². The summed E-state index contributed by atoms with van der Waals surface area (Å²) in [5, 5.41) is 0. The van der Waals surface area contributed by atoms with Crippen LogP contribution in [-0.4, -0.2) is 29.9 Å². The van der Waals surface area contributed by atoms with Crippen molar-refractivity contribution < 1.29 is 4.79 Å². The molecule has 15 heavy (non-hydrogen) atoms. The second kappa shape index (κ2) is 5.47. The predicted octanol–water partition coefficient (Wildman–Crippen LogP) is 0.733. The number of amides is 1. The second-order valence-electron chi connectivity index (χ2n) is 4.92. The number of hydrazine groups is 1. The summed E-state index contributed by atoms with van der Waals surface area (Å²) in [6, 6.07) is -0.0671. The molecule has 4 nitrogen and oxygen atoms in total. The van der Waals surface area contributed by atoms with Gasteiger partial charge in [-0.05, 0) is 37.8 Å². The number of hydrogen-bond donors (Lipinski definition) is 2. The number of piperidine rings is 1. The van der Waals surface area contributed by atoms with Gasteiger partial charge in [-0.3, -0.25) is 15.1 Å². The van der Waals surface area contributed by atoms with Gasteiger partial charge in [-0.1, -0.05) is 20.8 Å². The van der Waals surface area contributed by atoms with E-state index < -0.39 is 0 Å². The Labute approximate surface area is 92.2 Å². The zero-order valence-corrected chi connectivity index (χ0v) is 9.99. The standard InChI is InChI=1S/C11H23N3O/c1-8(2)10(11(15)13-12)14-6-4-9(3)5-7-14/h8-10H,4-7,12H2,1-3H3,(H,13,15). The minimum Gasteiger partial charge on any atom is -0.293 e. The highest BCUT2D eigenvalue weighted by Gasteiger charge is 2.30. The molecule has 0 aliphatic carbocycles. The van der Waals surface area contributed by atoms with Crippen molar-refractivity contribution in [3.05, 3.63) is 0 Å². The van der Waals surface area contributed by atoms with Gasteiger partial charge in [0.15, 0.2) is 0 Å². The predicted molar refractivity (Wildman–Crippen MR) is 60.9 cm³/mol. The second-order valence-corrected chi connectivity index (χ2v) is 4.92. The van der Waals surface area contributed by atoms with Gasteiger partial charge in [0.05, 0.1) is 6.04 Å². The quantitative estimate of drug-likeness (QED) is 0.413. The molecular weight excluding hydrogens is 190 g/mol. The van der Waals surface area contributed by atoms with E-state index >= 15 is 0 Å². The minimum atomic E-state index is -0.0671. The van der Waals surface area contributed by atoms with Gasteiger partial charge in [0.2, 0.25) is 0 Å². The fourth-order valence-electron chi connectivity index (χ4n) is 2.28. The van der Waals surface area contributed by atoms with Crippen molar-refractivity contribution in [2.75, 3.05) is 13.1 Å². The number of likely N-dealkylation sites (tertiary alicyclic amines) is 1. The normalized spacial score (nSPS) is 21.7. The van der Waals surface area contributed by atoms with E-state index in [9.17, 15) is 4.79 Å². The molecule has 88 valence electrons. The first-order chi connectivity index (χ1) is 7.06. The highest BCUT2D eigenvalue weighted by Crippen LogP contribution is 2.21. The molecule has 1 rings (SSSR count). The number of nitrogens with two attached hydrogens (primary N) is 1. The van der Waals surface area contributed by atoms with Crippen LogP contribution in [0.4, 0.5) is 0 Å². The summed E-state index contributed by atoms with van der Waals surface area (Å²) in [6.07, 6.45) is 2.36. The Morgan fingerprint density at radius 3 is 2.33 bits per heavy atom. The van der Waals surface area contributed by atoms with Crippen molar-refractivity contribution in [1.29, 1.82) is 0 Å². The van der Waals surface area contributed by atoms with Crippen LogP contribution in [0.25, 0.3) is 0 Å². The topological polar surface area (TPSA) is 58.4 Å². The number of carbonyl (C=O) groups is 1. The summed E-state index contributed by atoms with van der Waals surface area (Å²) in [5.74, 6) is 6.26. The summed E-state index contributed by atoms with van der Waals surface area (Å²) < 4.78 is 0. The third-order valence-electron chi connectivity index (χ3n) is 3.25. The van der Waals surface area contributed by atoms with E-state index in [0.29, 0.717) is 5.92 Å². The van der Waals surface area contributed by atoms with Gasteiger partial charge in [0.1, 0.15) is 0 Å². The van der Waals surface area contributed by atoms with E-state index in [-0.39, 0.29) is 11.9 Å². The van der Waals surface area contributed by atoms with Gasteiger partial charge in [-0.25, -0.2) is 5.84 Å². The molecule has 1 fully saturated rings. The van der Waals surface area contributed by atoms with Crippen molar-refractivity contribution in [1.82, 2.24) is 10.3 Å². The summed E-state index contributed by atoms with van der Waals surface area (Å²) in [6.45, 7) is 8.43. The maximum absolute atomic E-state index is 11.7. The van der Waals surface area contributed by atoms with E-state index in [1.165, 1.54) is 12.8 Å². The Morgan fingerprint density at radius 1 is 1.40 bits per heavy atom. The molecule has 0 aromatic carbocycles. The number of carbonyl (C=O) groups excluding carboxylic acids is 1. The van der Waals surface area contributed by atoms with Crippen LogP contribution in [0, 0.1) is 11.8 Å². The molecule has 0 aromatic heterocycles. The third kappa shape index (κ3) is 3.18. The van der Waals surface area contributed by atoms with Crippen molar-refractivity contribution in [2.45, 2.75) is 39.7 Å². The lowest BCUT2D eigenvalue weighted by molar-refractivity contribution is -0.128. The van der Waals surface area contributed by atoms with Crippen LogP contribution in [0.3, 0.4) is 0 Å². The molecule has 1 aliphatic heterocycles. The molecule has 1 amide bonds. The van der Waals surface area contributed by atoms with Crippen LogP contribution in [0.1, 0.15) is 33.6 Å². The Kier molecular flexibility index (Phi) is 4.54. The Balaban J connectivity index is 2.60. The minimum absolute atomic E-state index is 0.0560. The molecule has 1 heterocycles. The molecule has 1 saturated heterocycles. The highest BCUT2D eigenvalue weighted by atomic mass is 16.2. The molecule has 1 atom stereocenters. The Morgan fingerprint density at radius 2 is 1.93 bits per heavy atom. The van der Waals surface area contributed by atoms with E-state index in [0.717, 1.165) is 19.0 Å². The molecule has 0 aromatic rings. The van der Waals surface area contributed by atoms with Crippen molar-refractivity contribution >= 4 is 5.91 Å². The van der Waals surface area contributed by atoms with Gasteiger partial charge in [-0.15, -0.1) is 0 Å². The van der Waals surface area contributed by atoms with Crippen LogP contribution >= 0.6 is 0 Å². The smallest absolute Gasteiger partial charge is 0.251 e. The largest absolute Gasteiger partial charge is 0.293 e. The maximum atomic E-state index is 11.7. The van der Waals surface area contributed by atoms with E-state index in [1.54, 1.807) is 0 Å². The van der Waals surface area contributed by atoms with Gasteiger partial charge in [0.25, 0.3) is 5.91 Å². The molecule has 0 bridgehead atoms. The fraction of sp³-hybridized carbons (Fsp3) is 0.909. The van der Waals surface area contributed by atoms with Crippen LogP contribution in [0.15, 0.2) is 0 Å². The van der Waals surface area contributed by atoms with Gasteiger partial charge < -0.3 is 0 Å². The highest BCUT2D eigenvalue weighted by molar-refractivity contribution is 5.81. The third-order valence-corrected chi connectivity index (χ3v) is 3.25. The van der Waals surface area contributed by atoms with E-state index in [1.807, 2.05) is 0 Å². The monoisotopic (exact) mass is 213 g/mol. The van der Waals surface area contributed by atoms with Gasteiger partial charge >= 0.3 is 0 Å². The average Bonchev–Trinajstić information content (AvgIpc) is 2.20. The molecule has 0 radical (unpaired) electrons. The first-order valence-electron chi connectivity index (χ1n) is 5.80. The molecule has 1 unspecified atom stereocenters. The number of hydrogen-bond acceptors (Lipinski definition) is 3. The number of nitrogens with one attached hydrogen (secondary N) is 1. The summed E-state index contributed by atoms with van der Waals surface area (Å²) in [5.41, 5.74) is 2.27. The van der Waals surface area contributed by atoms with E-state index in [4.69, 9.17) is 5.84 Å². The molecule has 4 heteroatoms. The Bertz CT molecular complexity index is 210. The van der Waals surface area contributed by atoms with Gasteiger partial charge in [0, 0.05) is 0 Å². The van der Waals surface area contributed by atoms with Crippen molar-refractivity contribution in [3.63, 3.8) is 0 Å². The van der Waals surface area contributed by atoms with Crippen LogP contribution in [-0.2, 0) is 4.79 Å². The van der Waals surface area contributed by atoms with Crippen LogP contribution in [0.2, 0.25) is 0 Å². The summed E-state index contributed by atoms with van der Waals surface area (Å²) in [7, 11) is 0. The SMILES string of the molecule is CC1CCN(C(C(=O)NN)C(C)C)CC1. The summed E-state index contributed by atoms with van der Waals surface area (Å²) in [4.78, 5) is 13.9. The van der Waals surface area contributed by atoms with Gasteiger partial charge in [-0.2, -0.15) is 0 Å². The average molecular weight is 213 g/mol. The first-order valence-corrected chi connectivity index (χ1v) is 5.80. The maximum Gasteiger partial charge on any atom is 0.251 e. The Hall–Kier alpha value is -0.610. The lowest BCUT2D eigenvalue weighted by Crippen LogP contribution is -2.53. The number of nitrogens with zero attached hydrogens (tertiary/aromatic N) is 1. The van der Waals surface area contributed by atoms with Crippen molar-refractivity contribution in [3.8, 4) is 0 Å². The molecule has 0 spiro atoms. The lowest BCUT2D eigenvalue weighted by Gasteiger charge is -2.37.